The van der Waals surface area contributed by atoms with Crippen molar-refractivity contribution in [1.82, 2.24) is 39.3 Å². The maximum Gasteiger partial charge on any atom is 0.306 e. The van der Waals surface area contributed by atoms with E-state index in [4.69, 9.17) is 19.7 Å². The van der Waals surface area contributed by atoms with Gasteiger partial charge in [0, 0.05) is 69.1 Å². The predicted octanol–water partition coefficient (Wildman–Crippen LogP) is 4.46. The molecule has 21 heteroatoms. The Kier molecular flexibility index (Phi) is 16.2. The molecular weight excluding hydrogens is 797 g/mol. The number of ether oxygens (including phenoxy) is 2. The van der Waals surface area contributed by atoms with Gasteiger partial charge in [0.2, 0.25) is 11.9 Å². The van der Waals surface area contributed by atoms with Crippen LogP contribution in [0.2, 0.25) is 0 Å². The van der Waals surface area contributed by atoms with Gasteiger partial charge in [-0.15, -0.1) is 11.3 Å². The number of piperazine rings is 1. The molecule has 0 bridgehead atoms. The van der Waals surface area contributed by atoms with Crippen molar-refractivity contribution in [2.45, 2.75) is 70.4 Å². The molecule has 0 radical (unpaired) electrons. The number of amides is 1. The maximum atomic E-state index is 14.9. The first-order valence-corrected chi connectivity index (χ1v) is 20.1. The van der Waals surface area contributed by atoms with E-state index in [1.165, 1.54) is 23.7 Å². The molecule has 18 nitrogen and oxygen atoms in total. The van der Waals surface area contributed by atoms with Crippen molar-refractivity contribution in [1.29, 1.82) is 0 Å². The number of nitrogens with zero attached hydrogens (tertiary/aromatic N) is 8. The summed E-state index contributed by atoms with van der Waals surface area (Å²) in [5.41, 5.74) is 0.416. The summed E-state index contributed by atoms with van der Waals surface area (Å²) in [4.78, 5) is 70.3. The Morgan fingerprint density at radius 1 is 0.915 bits per heavy atom. The smallest absolute Gasteiger partial charge is 0.306 e. The van der Waals surface area contributed by atoms with Crippen molar-refractivity contribution >= 4 is 46.7 Å². The normalized spacial score (nSPS) is 17.2. The molecule has 1 aliphatic heterocycles. The Balaban J connectivity index is 0.000000749. The Labute approximate surface area is 342 Å². The summed E-state index contributed by atoms with van der Waals surface area (Å²) in [6.45, 7) is 7.35. The quantitative estimate of drug-likeness (QED) is 0.105. The van der Waals surface area contributed by atoms with Crippen molar-refractivity contribution in [3.8, 4) is 22.0 Å². The third-order valence-electron chi connectivity index (χ3n) is 9.62. The molecule has 0 spiro atoms. The molecule has 4 aromatic heterocycles. The SMILES string of the molecule is CCOC1CCC(n2cc(NC(=O)c3csc(-c4cnn(C(=O)CCC(=O)OCCN5CCN(C)CC5)c4)n3)c(-c3nc(F)ccc3F)n2)CC1.O=C(O)CCC(=O)O. The number of likely N-dealkylation sites (N-methyl/N-ethyl adjacent to an activating group) is 1. The molecule has 1 amide bonds. The van der Waals surface area contributed by atoms with Crippen LogP contribution in [0.1, 0.15) is 79.6 Å². The van der Waals surface area contributed by atoms with Gasteiger partial charge in [-0.1, -0.05) is 0 Å². The lowest BCUT2D eigenvalue weighted by Crippen LogP contribution is -2.45. The number of carboxylic acids is 2. The van der Waals surface area contributed by atoms with Gasteiger partial charge in [0.05, 0.1) is 43.3 Å². The van der Waals surface area contributed by atoms with Gasteiger partial charge >= 0.3 is 17.9 Å². The highest BCUT2D eigenvalue weighted by molar-refractivity contribution is 7.13. The molecular formula is C38H47F2N9O9S. The van der Waals surface area contributed by atoms with Crippen LogP contribution in [0, 0.1) is 11.8 Å². The lowest BCUT2D eigenvalue weighted by Gasteiger charge is -2.32. The molecule has 0 aromatic carbocycles. The van der Waals surface area contributed by atoms with Gasteiger partial charge in [-0.3, -0.25) is 33.6 Å². The number of aromatic nitrogens is 6. The highest BCUT2D eigenvalue weighted by Gasteiger charge is 2.27. The number of anilines is 1. The van der Waals surface area contributed by atoms with Crippen molar-refractivity contribution in [3.63, 3.8) is 0 Å². The summed E-state index contributed by atoms with van der Waals surface area (Å²) < 4.78 is 42.9. The fourth-order valence-electron chi connectivity index (χ4n) is 6.38. The number of esters is 1. The van der Waals surface area contributed by atoms with E-state index in [9.17, 15) is 32.8 Å². The van der Waals surface area contributed by atoms with Crippen LogP contribution < -0.4 is 5.32 Å². The minimum Gasteiger partial charge on any atom is -0.481 e. The minimum atomic E-state index is -1.08. The number of thiazole rings is 1. The van der Waals surface area contributed by atoms with Gasteiger partial charge in [-0.05, 0) is 51.8 Å². The Hall–Kier alpha value is -5.51. The molecule has 1 saturated carbocycles. The van der Waals surface area contributed by atoms with Crippen LogP contribution in [0.3, 0.4) is 0 Å². The third kappa shape index (κ3) is 13.3. The molecule has 0 atom stereocenters. The number of carboxylic acid groups (broad SMARTS) is 2. The Morgan fingerprint density at radius 3 is 2.31 bits per heavy atom. The van der Waals surface area contributed by atoms with E-state index in [0.717, 1.165) is 68.7 Å². The van der Waals surface area contributed by atoms with Crippen LogP contribution in [0.4, 0.5) is 14.5 Å². The van der Waals surface area contributed by atoms with Gasteiger partial charge in [-0.2, -0.15) is 14.6 Å². The molecule has 4 aromatic rings. The number of nitrogens with one attached hydrogen (secondary N) is 1. The summed E-state index contributed by atoms with van der Waals surface area (Å²) >= 11 is 1.17. The topological polar surface area (TPSA) is 224 Å². The molecule has 0 unspecified atom stereocenters. The lowest BCUT2D eigenvalue weighted by molar-refractivity contribution is -0.144. The van der Waals surface area contributed by atoms with E-state index < -0.39 is 35.6 Å². The molecule has 5 heterocycles. The molecule has 2 aliphatic rings. The molecule has 3 N–H and O–H groups in total. The van der Waals surface area contributed by atoms with Crippen LogP contribution >= 0.6 is 11.3 Å². The Bertz CT molecular complexity index is 2060. The second kappa shape index (κ2) is 21.5. The van der Waals surface area contributed by atoms with Crippen molar-refractivity contribution in [2.75, 3.05) is 58.3 Å². The van der Waals surface area contributed by atoms with Gasteiger partial charge < -0.3 is 29.9 Å². The standard InChI is InChI=1S/C34H41F2N9O5S.C4H6O4/c1-3-49-24-6-4-23(5-7-24)44-20-26(32(41-44)31-25(35)8-9-28(36)40-31)38-33(48)27-21-51-34(39-27)22-18-37-45(19-22)29(46)10-11-30(47)50-17-16-43-14-12-42(2)13-15-43;5-3(6)1-2-4(7)8/h8-9,18-21,23-24H,3-7,10-17H2,1-2H3,(H,38,48);1-2H2,(H,5,6)(H,7,8). The minimum absolute atomic E-state index is 0.00133. The Morgan fingerprint density at radius 2 is 1.63 bits per heavy atom. The van der Waals surface area contributed by atoms with E-state index in [1.807, 2.05) is 6.92 Å². The van der Waals surface area contributed by atoms with Crippen LogP contribution in [0.15, 0.2) is 36.1 Å². The first-order chi connectivity index (χ1) is 28.3. The van der Waals surface area contributed by atoms with Gasteiger partial charge in [0.1, 0.15) is 28.7 Å². The number of hydrogen-bond donors (Lipinski definition) is 3. The largest absolute Gasteiger partial charge is 0.481 e. The van der Waals surface area contributed by atoms with Crippen LogP contribution in [0.25, 0.3) is 22.0 Å². The monoisotopic (exact) mass is 843 g/mol. The molecule has 318 valence electrons. The summed E-state index contributed by atoms with van der Waals surface area (Å²) in [5.74, 6) is -5.24. The summed E-state index contributed by atoms with van der Waals surface area (Å²) in [5, 5.41) is 29.2. The van der Waals surface area contributed by atoms with E-state index in [1.54, 1.807) is 16.3 Å². The second-order valence-corrected chi connectivity index (χ2v) is 14.8. The van der Waals surface area contributed by atoms with E-state index in [-0.39, 0.29) is 73.1 Å². The van der Waals surface area contributed by atoms with E-state index in [0.29, 0.717) is 23.7 Å². The van der Waals surface area contributed by atoms with E-state index >= 15 is 0 Å². The van der Waals surface area contributed by atoms with Crippen molar-refractivity contribution in [2.24, 2.45) is 0 Å². The zero-order valence-corrected chi connectivity index (χ0v) is 33.5. The highest BCUT2D eigenvalue weighted by Crippen LogP contribution is 2.35. The second-order valence-electron chi connectivity index (χ2n) is 13.9. The summed E-state index contributed by atoms with van der Waals surface area (Å²) in [6, 6.07) is 1.86. The number of hydrogen-bond acceptors (Lipinski definition) is 14. The fraction of sp³-hybridized carbons (Fsp3) is 0.500. The fourth-order valence-corrected chi connectivity index (χ4v) is 7.15. The number of carbonyl (C=O) groups excluding carboxylic acids is 3. The third-order valence-corrected chi connectivity index (χ3v) is 10.5. The van der Waals surface area contributed by atoms with Gasteiger partial charge in [-0.25, -0.2) is 19.0 Å². The van der Waals surface area contributed by atoms with Crippen LogP contribution in [-0.2, 0) is 23.9 Å². The highest BCUT2D eigenvalue weighted by atomic mass is 32.1. The van der Waals surface area contributed by atoms with Gasteiger partial charge in [0.15, 0.2) is 5.82 Å². The lowest BCUT2D eigenvalue weighted by atomic mass is 9.93. The van der Waals surface area contributed by atoms with Crippen LogP contribution in [-0.4, -0.2) is 138 Å². The summed E-state index contributed by atoms with van der Waals surface area (Å²) in [7, 11) is 2.08. The number of pyridine rings is 1. The van der Waals surface area contributed by atoms with E-state index in [2.05, 4.69) is 42.3 Å². The number of aliphatic carboxylic acids is 2. The molecule has 1 aliphatic carbocycles. The number of carbonyl (C=O) groups is 5. The van der Waals surface area contributed by atoms with Crippen molar-refractivity contribution in [3.05, 3.63) is 53.6 Å². The molecule has 6 rings (SSSR count). The first kappa shape index (κ1) is 44.6. The van der Waals surface area contributed by atoms with Gasteiger partial charge in [0.25, 0.3) is 5.91 Å². The van der Waals surface area contributed by atoms with Crippen LogP contribution in [0.5, 0.6) is 0 Å². The number of halogens is 2. The van der Waals surface area contributed by atoms with Crippen molar-refractivity contribution < 1.29 is 52.4 Å². The zero-order chi connectivity index (χ0) is 42.5. The average molecular weight is 844 g/mol. The average Bonchev–Trinajstić information content (AvgIpc) is 4.00. The maximum absolute atomic E-state index is 14.9. The molecule has 2 fully saturated rings. The number of rotatable bonds is 16. The summed E-state index contributed by atoms with van der Waals surface area (Å²) in [6.07, 6.45) is 7.17. The zero-order valence-electron chi connectivity index (χ0n) is 32.7. The predicted molar refractivity (Wildman–Crippen MR) is 209 cm³/mol. The molecule has 1 saturated heterocycles. The first-order valence-electron chi connectivity index (χ1n) is 19.2. The molecule has 59 heavy (non-hydrogen) atoms.